The fourth-order valence-corrected chi connectivity index (χ4v) is 3.32. The number of halogens is 2. The summed E-state index contributed by atoms with van der Waals surface area (Å²) in [4.78, 5) is 0. The van der Waals surface area contributed by atoms with Gasteiger partial charge in [0.05, 0.1) is 0 Å². The molecule has 0 saturated heterocycles. The zero-order valence-corrected chi connectivity index (χ0v) is 13.4. The van der Waals surface area contributed by atoms with Crippen LogP contribution >= 0.6 is 23.2 Å². The summed E-state index contributed by atoms with van der Waals surface area (Å²) >= 11 is 12.6. The van der Waals surface area contributed by atoms with Crippen LogP contribution in [0.15, 0.2) is 48.5 Å². The van der Waals surface area contributed by atoms with Gasteiger partial charge in [-0.05, 0) is 36.1 Å². The van der Waals surface area contributed by atoms with Crippen LogP contribution in [-0.4, -0.2) is 11.3 Å². The Morgan fingerprint density at radius 1 is 1.05 bits per heavy atom. The molecule has 2 aromatic rings. The molecule has 2 rings (SSSR count). The summed E-state index contributed by atoms with van der Waals surface area (Å²) in [5.74, 6) is 0. The number of nitrogens with two attached hydrogens (primary N) is 1. The molecule has 0 spiro atoms. The fourth-order valence-electron chi connectivity index (χ4n) is 2.75. The van der Waals surface area contributed by atoms with Gasteiger partial charge in [-0.3, -0.25) is 0 Å². The number of hydrogen-bond acceptors (Lipinski definition) is 2. The highest BCUT2D eigenvalue weighted by Gasteiger charge is 2.31. The summed E-state index contributed by atoms with van der Waals surface area (Å²) in [5, 5.41) is 11.1. The maximum Gasteiger partial charge on any atom is 0.103 e. The Labute approximate surface area is 135 Å². The van der Waals surface area contributed by atoms with E-state index in [1.54, 1.807) is 0 Å². The van der Waals surface area contributed by atoms with Crippen molar-refractivity contribution in [1.82, 2.24) is 0 Å². The smallest absolute Gasteiger partial charge is 0.103 e. The second kappa shape index (κ2) is 6.80. The van der Waals surface area contributed by atoms with Gasteiger partial charge in [0, 0.05) is 15.5 Å². The van der Waals surface area contributed by atoms with Crippen LogP contribution in [-0.2, 0) is 11.8 Å². The van der Waals surface area contributed by atoms with Gasteiger partial charge in [0.1, 0.15) is 6.23 Å². The summed E-state index contributed by atoms with van der Waals surface area (Å²) < 4.78 is 0. The van der Waals surface area contributed by atoms with Crippen LogP contribution in [0.25, 0.3) is 0 Å². The third kappa shape index (κ3) is 3.98. The number of benzene rings is 2. The minimum atomic E-state index is -0.909. The molecule has 21 heavy (non-hydrogen) atoms. The van der Waals surface area contributed by atoms with Crippen molar-refractivity contribution in [2.45, 2.75) is 31.4 Å². The second-order valence-corrected chi connectivity index (χ2v) is 6.39. The van der Waals surface area contributed by atoms with E-state index in [4.69, 9.17) is 28.9 Å². The number of aliphatic hydroxyl groups is 1. The molecule has 0 saturated carbocycles. The molecule has 0 aliphatic heterocycles. The quantitative estimate of drug-likeness (QED) is 0.811. The van der Waals surface area contributed by atoms with E-state index in [0.29, 0.717) is 22.9 Å². The Balaban J connectivity index is 2.43. The van der Waals surface area contributed by atoms with Gasteiger partial charge < -0.3 is 10.8 Å². The first-order chi connectivity index (χ1) is 9.92. The molecule has 2 nitrogen and oxygen atoms in total. The van der Waals surface area contributed by atoms with Crippen LogP contribution in [0.5, 0.6) is 0 Å². The minimum absolute atomic E-state index is 0.391. The SMILES string of the molecule is CC(Cc1ccccc1Cl)(C[C@H](N)O)c1ccccc1Cl. The van der Waals surface area contributed by atoms with Crippen LogP contribution in [0, 0.1) is 0 Å². The van der Waals surface area contributed by atoms with Gasteiger partial charge in [-0.25, -0.2) is 0 Å². The van der Waals surface area contributed by atoms with Crippen molar-refractivity contribution in [3.8, 4) is 0 Å². The molecule has 4 heteroatoms. The summed E-state index contributed by atoms with van der Waals surface area (Å²) in [5.41, 5.74) is 7.23. The molecule has 0 aliphatic carbocycles. The van der Waals surface area contributed by atoms with E-state index in [-0.39, 0.29) is 0 Å². The zero-order chi connectivity index (χ0) is 15.5. The van der Waals surface area contributed by atoms with Gasteiger partial charge in [-0.2, -0.15) is 0 Å². The minimum Gasteiger partial charge on any atom is -0.379 e. The molecule has 0 heterocycles. The molecule has 3 N–H and O–H groups in total. The van der Waals surface area contributed by atoms with Crippen molar-refractivity contribution in [3.05, 3.63) is 69.7 Å². The normalized spacial score (nSPS) is 15.5. The third-order valence-corrected chi connectivity index (χ3v) is 4.42. The average molecular weight is 324 g/mol. The number of hydrogen-bond donors (Lipinski definition) is 2. The molecule has 0 bridgehead atoms. The average Bonchev–Trinajstić information content (AvgIpc) is 2.41. The first kappa shape index (κ1) is 16.3. The lowest BCUT2D eigenvalue weighted by atomic mass is 9.74. The maximum atomic E-state index is 9.69. The van der Waals surface area contributed by atoms with E-state index in [9.17, 15) is 5.11 Å². The molecule has 2 atom stereocenters. The predicted molar refractivity (Wildman–Crippen MR) is 88.8 cm³/mol. The van der Waals surface area contributed by atoms with Gasteiger partial charge in [-0.15, -0.1) is 0 Å². The lowest BCUT2D eigenvalue weighted by Gasteiger charge is -2.32. The Kier molecular flexibility index (Phi) is 5.28. The van der Waals surface area contributed by atoms with Crippen molar-refractivity contribution in [1.29, 1.82) is 0 Å². The van der Waals surface area contributed by atoms with E-state index in [2.05, 4.69) is 0 Å². The summed E-state index contributed by atoms with van der Waals surface area (Å²) in [6.07, 6.45) is 0.154. The maximum absolute atomic E-state index is 9.69. The molecule has 0 aliphatic rings. The second-order valence-electron chi connectivity index (χ2n) is 5.58. The molecule has 0 fully saturated rings. The molecule has 0 amide bonds. The van der Waals surface area contributed by atoms with Crippen LogP contribution in [0.1, 0.15) is 24.5 Å². The van der Waals surface area contributed by atoms with Crippen molar-refractivity contribution in [2.24, 2.45) is 5.73 Å². The summed E-state index contributed by atoms with van der Waals surface area (Å²) in [7, 11) is 0. The fraction of sp³-hybridized carbons (Fsp3) is 0.294. The Morgan fingerprint density at radius 3 is 2.19 bits per heavy atom. The largest absolute Gasteiger partial charge is 0.379 e. The Morgan fingerprint density at radius 2 is 1.62 bits per heavy atom. The molecule has 0 aromatic heterocycles. The lowest BCUT2D eigenvalue weighted by molar-refractivity contribution is 0.140. The molecular formula is C17H19Cl2NO. The molecule has 112 valence electrons. The van der Waals surface area contributed by atoms with Crippen molar-refractivity contribution in [3.63, 3.8) is 0 Å². The van der Waals surface area contributed by atoms with Crippen molar-refractivity contribution >= 4 is 23.2 Å². The van der Waals surface area contributed by atoms with Crippen LogP contribution in [0.4, 0.5) is 0 Å². The Hall–Kier alpha value is -1.06. The number of rotatable bonds is 5. The van der Waals surface area contributed by atoms with E-state index < -0.39 is 11.6 Å². The molecular weight excluding hydrogens is 305 g/mol. The number of aliphatic hydroxyl groups excluding tert-OH is 1. The first-order valence-corrected chi connectivity index (χ1v) is 7.60. The van der Waals surface area contributed by atoms with Gasteiger partial charge in [-0.1, -0.05) is 66.5 Å². The summed E-state index contributed by atoms with van der Waals surface area (Å²) in [6, 6.07) is 15.4. The highest BCUT2D eigenvalue weighted by molar-refractivity contribution is 6.31. The standard InChI is InChI=1S/C17H19Cl2NO/c1-17(11-16(20)21,13-7-3-5-9-15(13)19)10-12-6-2-4-8-14(12)18/h2-9,16,21H,10-11,20H2,1H3/t16-,17?/m1/s1. The molecule has 0 radical (unpaired) electrons. The first-order valence-electron chi connectivity index (χ1n) is 6.84. The van der Waals surface area contributed by atoms with Crippen LogP contribution < -0.4 is 5.73 Å². The van der Waals surface area contributed by atoms with Crippen molar-refractivity contribution < 1.29 is 5.11 Å². The highest BCUT2D eigenvalue weighted by Crippen LogP contribution is 2.37. The summed E-state index contributed by atoms with van der Waals surface area (Å²) in [6.45, 7) is 2.05. The van der Waals surface area contributed by atoms with E-state index in [1.165, 1.54) is 0 Å². The van der Waals surface area contributed by atoms with Crippen LogP contribution in [0.3, 0.4) is 0 Å². The molecule has 1 unspecified atom stereocenters. The Bertz CT molecular complexity index is 615. The third-order valence-electron chi connectivity index (χ3n) is 3.72. The monoisotopic (exact) mass is 323 g/mol. The zero-order valence-electron chi connectivity index (χ0n) is 11.9. The topological polar surface area (TPSA) is 46.2 Å². The van der Waals surface area contributed by atoms with Gasteiger partial charge in [0.15, 0.2) is 0 Å². The van der Waals surface area contributed by atoms with Crippen molar-refractivity contribution in [2.75, 3.05) is 0 Å². The van der Waals surface area contributed by atoms with Gasteiger partial charge in [0.2, 0.25) is 0 Å². The predicted octanol–water partition coefficient (Wildman–Crippen LogP) is 4.16. The lowest BCUT2D eigenvalue weighted by Crippen LogP contribution is -2.34. The molecule has 2 aromatic carbocycles. The highest BCUT2D eigenvalue weighted by atomic mass is 35.5. The van der Waals surface area contributed by atoms with Gasteiger partial charge >= 0.3 is 0 Å². The van der Waals surface area contributed by atoms with E-state index in [1.807, 2.05) is 55.5 Å². The van der Waals surface area contributed by atoms with Gasteiger partial charge in [0.25, 0.3) is 0 Å². The van der Waals surface area contributed by atoms with E-state index >= 15 is 0 Å². The van der Waals surface area contributed by atoms with Crippen LogP contribution in [0.2, 0.25) is 10.0 Å². The van der Waals surface area contributed by atoms with E-state index in [0.717, 1.165) is 11.1 Å².